The Bertz CT molecular complexity index is 1100. The summed E-state index contributed by atoms with van der Waals surface area (Å²) in [5.41, 5.74) is -0.602. The second-order valence-corrected chi connectivity index (χ2v) is 6.33. The van der Waals surface area contributed by atoms with E-state index in [0.717, 1.165) is 18.6 Å². The molecule has 3 rings (SSSR count). The number of hydrogen-bond acceptors (Lipinski definition) is 5. The van der Waals surface area contributed by atoms with Gasteiger partial charge in [0.1, 0.15) is 17.2 Å². The van der Waals surface area contributed by atoms with Crippen LogP contribution in [0.2, 0.25) is 0 Å². The van der Waals surface area contributed by atoms with E-state index in [0.29, 0.717) is 22.3 Å². The molecule has 6 nitrogen and oxygen atoms in total. The summed E-state index contributed by atoms with van der Waals surface area (Å²) >= 11 is 0. The highest BCUT2D eigenvalue weighted by Gasteiger charge is 2.23. The SMILES string of the molecule is CCCNc1c(C(=O)CCc2ccc(F)cc2F)c(=O)n(O)c2ncccc12. The average Bonchev–Trinajstić information content (AvgIpc) is 2.68. The van der Waals surface area contributed by atoms with Gasteiger partial charge in [-0.05, 0) is 36.6 Å². The lowest BCUT2D eigenvalue weighted by atomic mass is 10.0. The van der Waals surface area contributed by atoms with Crippen LogP contribution in [0.25, 0.3) is 11.0 Å². The van der Waals surface area contributed by atoms with Crippen molar-refractivity contribution in [3.05, 3.63) is 69.6 Å². The Morgan fingerprint density at radius 1 is 1.29 bits per heavy atom. The van der Waals surface area contributed by atoms with Gasteiger partial charge in [-0.1, -0.05) is 13.0 Å². The minimum Gasteiger partial charge on any atom is -0.423 e. The summed E-state index contributed by atoms with van der Waals surface area (Å²) in [7, 11) is 0. The van der Waals surface area contributed by atoms with Crippen molar-refractivity contribution in [2.24, 2.45) is 0 Å². The molecule has 2 aromatic heterocycles. The quantitative estimate of drug-likeness (QED) is 0.478. The minimum absolute atomic E-state index is 0.00584. The number of aryl methyl sites for hydroxylation is 1. The molecule has 0 aliphatic heterocycles. The van der Waals surface area contributed by atoms with Crippen molar-refractivity contribution in [3.63, 3.8) is 0 Å². The Balaban J connectivity index is 2.01. The van der Waals surface area contributed by atoms with Gasteiger partial charge < -0.3 is 10.5 Å². The fraction of sp³-hybridized carbons (Fsp3) is 0.250. The fourth-order valence-corrected chi connectivity index (χ4v) is 2.99. The molecule has 3 aromatic rings. The van der Waals surface area contributed by atoms with E-state index in [4.69, 9.17) is 0 Å². The number of halogens is 2. The first-order valence-corrected chi connectivity index (χ1v) is 8.88. The van der Waals surface area contributed by atoms with Crippen molar-refractivity contribution in [2.45, 2.75) is 26.2 Å². The number of pyridine rings is 2. The van der Waals surface area contributed by atoms with Crippen LogP contribution in [-0.2, 0) is 6.42 Å². The maximum absolute atomic E-state index is 13.8. The Labute approximate surface area is 159 Å². The topological polar surface area (TPSA) is 84.2 Å². The third kappa shape index (κ3) is 3.71. The zero-order valence-electron chi connectivity index (χ0n) is 15.2. The highest BCUT2D eigenvalue weighted by atomic mass is 19.1. The number of ketones is 1. The summed E-state index contributed by atoms with van der Waals surface area (Å²) in [5.74, 6) is -2.01. The molecule has 8 heteroatoms. The van der Waals surface area contributed by atoms with Crippen LogP contribution in [-0.4, -0.2) is 27.2 Å². The van der Waals surface area contributed by atoms with Crippen molar-refractivity contribution in [1.29, 1.82) is 0 Å². The van der Waals surface area contributed by atoms with E-state index < -0.39 is 23.0 Å². The van der Waals surface area contributed by atoms with E-state index >= 15 is 0 Å². The highest BCUT2D eigenvalue weighted by Crippen LogP contribution is 2.25. The number of carbonyl (C=O) groups is 1. The number of benzene rings is 1. The molecule has 1 aromatic carbocycles. The number of nitrogens with zero attached hydrogens (tertiary/aromatic N) is 2. The van der Waals surface area contributed by atoms with Gasteiger partial charge in [0.2, 0.25) is 0 Å². The van der Waals surface area contributed by atoms with Gasteiger partial charge in [-0.15, -0.1) is 4.73 Å². The second-order valence-electron chi connectivity index (χ2n) is 6.33. The van der Waals surface area contributed by atoms with E-state index in [1.165, 1.54) is 12.3 Å². The number of fused-ring (bicyclic) bond motifs is 1. The van der Waals surface area contributed by atoms with Crippen LogP contribution in [0.1, 0.15) is 35.7 Å². The van der Waals surface area contributed by atoms with Crippen LogP contribution in [0.3, 0.4) is 0 Å². The number of rotatable bonds is 7. The maximum atomic E-state index is 13.8. The van der Waals surface area contributed by atoms with Gasteiger partial charge in [-0.3, -0.25) is 9.59 Å². The number of aromatic nitrogens is 2. The van der Waals surface area contributed by atoms with E-state index in [-0.39, 0.29) is 29.6 Å². The summed E-state index contributed by atoms with van der Waals surface area (Å²) in [4.78, 5) is 29.4. The normalized spacial score (nSPS) is 11.0. The van der Waals surface area contributed by atoms with Crippen LogP contribution >= 0.6 is 0 Å². The van der Waals surface area contributed by atoms with Crippen molar-refractivity contribution < 1.29 is 18.8 Å². The molecule has 0 atom stereocenters. The lowest BCUT2D eigenvalue weighted by Gasteiger charge is -2.15. The van der Waals surface area contributed by atoms with Crippen LogP contribution in [0, 0.1) is 11.6 Å². The number of Topliss-reactive ketones (excluding diaryl/α,β-unsaturated/α-hetero) is 1. The Hall–Kier alpha value is -3.29. The molecular formula is C20H19F2N3O3. The van der Waals surface area contributed by atoms with Crippen LogP contribution in [0.15, 0.2) is 41.3 Å². The number of nitrogens with one attached hydrogen (secondary N) is 1. The van der Waals surface area contributed by atoms with Gasteiger partial charge in [-0.2, -0.15) is 0 Å². The molecule has 0 aliphatic rings. The monoisotopic (exact) mass is 387 g/mol. The smallest absolute Gasteiger partial charge is 0.297 e. The molecule has 146 valence electrons. The molecule has 0 amide bonds. The summed E-state index contributed by atoms with van der Waals surface area (Å²) in [6.45, 7) is 2.44. The lowest BCUT2D eigenvalue weighted by Crippen LogP contribution is -2.28. The number of carbonyl (C=O) groups excluding carboxylic acids is 1. The molecule has 0 unspecified atom stereocenters. The number of anilines is 1. The predicted molar refractivity (Wildman–Crippen MR) is 101 cm³/mol. The van der Waals surface area contributed by atoms with Crippen LogP contribution in [0.4, 0.5) is 14.5 Å². The van der Waals surface area contributed by atoms with Crippen molar-refractivity contribution in [1.82, 2.24) is 9.71 Å². The van der Waals surface area contributed by atoms with Crippen molar-refractivity contribution in [3.8, 4) is 0 Å². The molecule has 0 fully saturated rings. The predicted octanol–water partition coefficient (Wildman–Crippen LogP) is 3.55. The van der Waals surface area contributed by atoms with Gasteiger partial charge in [0.05, 0.1) is 5.69 Å². The lowest BCUT2D eigenvalue weighted by molar-refractivity contribution is 0.0976. The molecule has 0 saturated heterocycles. The van der Waals surface area contributed by atoms with Gasteiger partial charge in [0, 0.05) is 30.6 Å². The van der Waals surface area contributed by atoms with E-state index in [1.54, 1.807) is 12.1 Å². The minimum atomic E-state index is -0.894. The standard InChI is InChI=1S/C20H19F2N3O3/c1-2-9-23-18-14-4-3-10-24-19(14)25(28)20(27)17(18)16(26)8-6-12-5-7-13(21)11-15(12)22/h3-5,7,10-11,23,28H,2,6,8-9H2,1H3. The van der Waals surface area contributed by atoms with Gasteiger partial charge in [0.15, 0.2) is 11.4 Å². The van der Waals surface area contributed by atoms with E-state index in [1.807, 2.05) is 6.92 Å². The molecular weight excluding hydrogens is 368 g/mol. The van der Waals surface area contributed by atoms with Crippen LogP contribution in [0.5, 0.6) is 0 Å². The number of hydrogen-bond donors (Lipinski definition) is 2. The Kier molecular flexibility index (Phi) is 5.67. The van der Waals surface area contributed by atoms with Crippen molar-refractivity contribution >= 4 is 22.5 Å². The first-order valence-electron chi connectivity index (χ1n) is 8.88. The molecule has 28 heavy (non-hydrogen) atoms. The van der Waals surface area contributed by atoms with Gasteiger partial charge in [-0.25, -0.2) is 13.8 Å². The van der Waals surface area contributed by atoms with Crippen LogP contribution < -0.4 is 10.9 Å². The highest BCUT2D eigenvalue weighted by molar-refractivity contribution is 6.07. The summed E-state index contributed by atoms with van der Waals surface area (Å²) in [6, 6.07) is 6.40. The second kappa shape index (κ2) is 8.16. The molecule has 0 radical (unpaired) electrons. The Morgan fingerprint density at radius 3 is 2.79 bits per heavy atom. The fourth-order valence-electron chi connectivity index (χ4n) is 2.99. The zero-order valence-corrected chi connectivity index (χ0v) is 15.2. The van der Waals surface area contributed by atoms with Gasteiger partial charge in [0.25, 0.3) is 5.56 Å². The summed E-state index contributed by atoms with van der Waals surface area (Å²) in [6.07, 6.45) is 1.99. The molecule has 0 spiro atoms. The maximum Gasteiger partial charge on any atom is 0.297 e. The van der Waals surface area contributed by atoms with Crippen molar-refractivity contribution in [2.75, 3.05) is 11.9 Å². The molecule has 0 bridgehead atoms. The molecule has 0 aliphatic carbocycles. The summed E-state index contributed by atoms with van der Waals surface area (Å²) in [5, 5.41) is 13.6. The largest absolute Gasteiger partial charge is 0.423 e. The molecule has 0 saturated carbocycles. The third-order valence-electron chi connectivity index (χ3n) is 4.38. The van der Waals surface area contributed by atoms with Gasteiger partial charge >= 0.3 is 0 Å². The average molecular weight is 387 g/mol. The molecule has 2 heterocycles. The molecule has 2 N–H and O–H groups in total. The Morgan fingerprint density at radius 2 is 2.07 bits per heavy atom. The third-order valence-corrected chi connectivity index (χ3v) is 4.38. The van der Waals surface area contributed by atoms with E-state index in [9.17, 15) is 23.6 Å². The first-order chi connectivity index (χ1) is 13.4. The zero-order chi connectivity index (χ0) is 20.3. The van der Waals surface area contributed by atoms with E-state index in [2.05, 4.69) is 10.3 Å². The summed E-state index contributed by atoms with van der Waals surface area (Å²) < 4.78 is 27.2. The first kappa shape index (κ1) is 19.5.